The van der Waals surface area contributed by atoms with Crippen LogP contribution in [0.4, 0.5) is 11.4 Å². The highest BCUT2D eigenvalue weighted by molar-refractivity contribution is 5.94. The molecule has 0 spiro atoms. The third kappa shape index (κ3) is 5.43. The lowest BCUT2D eigenvalue weighted by Crippen LogP contribution is -2.25. The average molecular weight is 374 g/mol. The highest BCUT2D eigenvalue weighted by atomic mass is 16.1. The van der Waals surface area contributed by atoms with Crippen LogP contribution in [0.25, 0.3) is 0 Å². The molecule has 3 rings (SSSR count). The number of aromatic nitrogens is 1. The van der Waals surface area contributed by atoms with E-state index >= 15 is 0 Å². The van der Waals surface area contributed by atoms with Crippen LogP contribution in [-0.2, 0) is 6.42 Å². The van der Waals surface area contributed by atoms with Crippen LogP contribution in [0.1, 0.15) is 47.7 Å². The summed E-state index contributed by atoms with van der Waals surface area (Å²) >= 11 is 0. The molecule has 2 aromatic carbocycles. The first-order chi connectivity index (χ1) is 13.6. The predicted molar refractivity (Wildman–Crippen MR) is 115 cm³/mol. The summed E-state index contributed by atoms with van der Waals surface area (Å²) in [6.45, 7) is 4.97. The second-order valence-electron chi connectivity index (χ2n) is 7.17. The van der Waals surface area contributed by atoms with Gasteiger partial charge in [0.25, 0.3) is 5.91 Å². The molecule has 0 atom stereocenters. The van der Waals surface area contributed by atoms with Crippen LogP contribution in [0, 0.1) is 0 Å². The molecule has 0 aliphatic carbocycles. The number of benzene rings is 2. The van der Waals surface area contributed by atoms with Gasteiger partial charge in [-0.25, -0.2) is 0 Å². The van der Waals surface area contributed by atoms with Crippen LogP contribution in [0.5, 0.6) is 0 Å². The number of hydrogen-bond acceptors (Lipinski definition) is 3. The molecule has 1 amide bonds. The van der Waals surface area contributed by atoms with Gasteiger partial charge in [-0.3, -0.25) is 9.78 Å². The summed E-state index contributed by atoms with van der Waals surface area (Å²) in [4.78, 5) is 16.7. The second kappa shape index (κ2) is 9.70. The molecular weight excluding hydrogens is 346 g/mol. The summed E-state index contributed by atoms with van der Waals surface area (Å²) in [6, 6.07) is 20.4. The van der Waals surface area contributed by atoms with Gasteiger partial charge in [0.15, 0.2) is 0 Å². The van der Waals surface area contributed by atoms with Crippen molar-refractivity contribution in [3.8, 4) is 0 Å². The standard InChI is InChI=1S/C24H27N3O/c1-18(2)22-12-6-7-13-23(22)27-21-15-20(16-25-17-21)24(28)26-14-8-11-19-9-4-3-5-10-19/h3-7,9-10,12-13,15-18,27H,8,11,14H2,1-2H3,(H,26,28). The zero-order chi connectivity index (χ0) is 19.8. The third-order valence-corrected chi connectivity index (χ3v) is 4.63. The van der Waals surface area contributed by atoms with Crippen molar-refractivity contribution in [1.29, 1.82) is 0 Å². The van der Waals surface area contributed by atoms with Crippen molar-refractivity contribution in [2.75, 3.05) is 11.9 Å². The van der Waals surface area contributed by atoms with Gasteiger partial charge in [0, 0.05) is 18.4 Å². The number of para-hydroxylation sites is 1. The average Bonchev–Trinajstić information content (AvgIpc) is 2.72. The lowest BCUT2D eigenvalue weighted by atomic mass is 10.0. The molecule has 4 heteroatoms. The Kier molecular flexibility index (Phi) is 6.79. The Morgan fingerprint density at radius 2 is 1.75 bits per heavy atom. The van der Waals surface area contributed by atoms with Crippen LogP contribution in [-0.4, -0.2) is 17.4 Å². The first-order valence-electron chi connectivity index (χ1n) is 9.76. The third-order valence-electron chi connectivity index (χ3n) is 4.63. The number of carbonyl (C=O) groups excluding carboxylic acids is 1. The minimum absolute atomic E-state index is 0.0960. The maximum Gasteiger partial charge on any atom is 0.252 e. The number of hydrogen-bond donors (Lipinski definition) is 2. The molecule has 3 aromatic rings. The van der Waals surface area contributed by atoms with Crippen molar-refractivity contribution in [1.82, 2.24) is 10.3 Å². The van der Waals surface area contributed by atoms with E-state index < -0.39 is 0 Å². The maximum absolute atomic E-state index is 12.5. The number of nitrogens with one attached hydrogen (secondary N) is 2. The lowest BCUT2D eigenvalue weighted by molar-refractivity contribution is 0.0953. The van der Waals surface area contributed by atoms with Crippen molar-refractivity contribution in [2.45, 2.75) is 32.6 Å². The van der Waals surface area contributed by atoms with E-state index in [1.54, 1.807) is 12.4 Å². The van der Waals surface area contributed by atoms with Crippen molar-refractivity contribution >= 4 is 17.3 Å². The zero-order valence-corrected chi connectivity index (χ0v) is 16.5. The zero-order valence-electron chi connectivity index (χ0n) is 16.5. The van der Waals surface area contributed by atoms with Crippen LogP contribution < -0.4 is 10.6 Å². The van der Waals surface area contributed by atoms with E-state index in [4.69, 9.17) is 0 Å². The highest BCUT2D eigenvalue weighted by Crippen LogP contribution is 2.26. The fraction of sp³-hybridized carbons (Fsp3) is 0.250. The van der Waals surface area contributed by atoms with Crippen LogP contribution >= 0.6 is 0 Å². The summed E-state index contributed by atoms with van der Waals surface area (Å²) in [5, 5.41) is 6.38. The van der Waals surface area contributed by atoms with E-state index in [0.29, 0.717) is 18.0 Å². The minimum Gasteiger partial charge on any atom is -0.354 e. The highest BCUT2D eigenvalue weighted by Gasteiger charge is 2.09. The van der Waals surface area contributed by atoms with Gasteiger partial charge in [-0.1, -0.05) is 62.4 Å². The Hall–Kier alpha value is -3.14. The normalized spacial score (nSPS) is 10.7. The van der Waals surface area contributed by atoms with Crippen molar-refractivity contribution in [3.05, 3.63) is 89.7 Å². The molecule has 1 heterocycles. The van der Waals surface area contributed by atoms with Gasteiger partial charge in [-0.2, -0.15) is 0 Å². The van der Waals surface area contributed by atoms with Gasteiger partial charge >= 0.3 is 0 Å². The van der Waals surface area contributed by atoms with Crippen molar-refractivity contribution in [2.24, 2.45) is 0 Å². The molecule has 0 unspecified atom stereocenters. The molecule has 0 aliphatic heterocycles. The van der Waals surface area contributed by atoms with E-state index in [2.05, 4.69) is 47.7 Å². The first kappa shape index (κ1) is 19.6. The van der Waals surface area contributed by atoms with E-state index in [1.165, 1.54) is 11.1 Å². The Balaban J connectivity index is 1.57. The van der Waals surface area contributed by atoms with E-state index in [1.807, 2.05) is 42.5 Å². The molecule has 0 bridgehead atoms. The Labute approximate surface area is 167 Å². The summed E-state index contributed by atoms with van der Waals surface area (Å²) in [5.41, 5.74) is 4.93. The molecule has 0 saturated heterocycles. The summed E-state index contributed by atoms with van der Waals surface area (Å²) < 4.78 is 0. The fourth-order valence-corrected chi connectivity index (χ4v) is 3.14. The number of nitrogens with zero attached hydrogens (tertiary/aromatic N) is 1. The van der Waals surface area contributed by atoms with Crippen LogP contribution in [0.3, 0.4) is 0 Å². The predicted octanol–water partition coefficient (Wildman–Crippen LogP) is 5.31. The molecule has 144 valence electrons. The van der Waals surface area contributed by atoms with Gasteiger partial charge < -0.3 is 10.6 Å². The first-order valence-corrected chi connectivity index (χ1v) is 9.76. The topological polar surface area (TPSA) is 54.0 Å². The Morgan fingerprint density at radius 3 is 2.54 bits per heavy atom. The smallest absolute Gasteiger partial charge is 0.252 e. The minimum atomic E-state index is -0.0960. The monoisotopic (exact) mass is 373 g/mol. The van der Waals surface area contributed by atoms with Crippen molar-refractivity contribution < 1.29 is 4.79 Å². The fourth-order valence-electron chi connectivity index (χ4n) is 3.14. The molecule has 0 radical (unpaired) electrons. The molecule has 0 fully saturated rings. The van der Waals surface area contributed by atoms with E-state index in [0.717, 1.165) is 24.2 Å². The summed E-state index contributed by atoms with van der Waals surface area (Å²) in [6.07, 6.45) is 5.20. The number of rotatable bonds is 8. The maximum atomic E-state index is 12.5. The molecule has 28 heavy (non-hydrogen) atoms. The van der Waals surface area contributed by atoms with Gasteiger partial charge in [-0.15, -0.1) is 0 Å². The van der Waals surface area contributed by atoms with Crippen molar-refractivity contribution in [3.63, 3.8) is 0 Å². The van der Waals surface area contributed by atoms with E-state index in [-0.39, 0.29) is 5.91 Å². The largest absolute Gasteiger partial charge is 0.354 e. The number of carbonyl (C=O) groups is 1. The number of amides is 1. The molecule has 0 saturated carbocycles. The quantitative estimate of drug-likeness (QED) is 0.526. The number of anilines is 2. The van der Waals surface area contributed by atoms with Gasteiger partial charge in [0.1, 0.15) is 0 Å². The lowest BCUT2D eigenvalue weighted by Gasteiger charge is -2.15. The molecule has 4 nitrogen and oxygen atoms in total. The van der Waals surface area contributed by atoms with Gasteiger partial charge in [-0.05, 0) is 42.0 Å². The number of pyridine rings is 1. The van der Waals surface area contributed by atoms with Crippen LogP contribution in [0.15, 0.2) is 73.1 Å². The van der Waals surface area contributed by atoms with E-state index in [9.17, 15) is 4.79 Å². The molecule has 0 aliphatic rings. The van der Waals surface area contributed by atoms with Crippen LogP contribution in [0.2, 0.25) is 0 Å². The Morgan fingerprint density at radius 1 is 1.00 bits per heavy atom. The number of aryl methyl sites for hydroxylation is 1. The van der Waals surface area contributed by atoms with Gasteiger partial charge in [0.05, 0.1) is 17.4 Å². The molecular formula is C24H27N3O. The van der Waals surface area contributed by atoms with Gasteiger partial charge in [0.2, 0.25) is 0 Å². The SMILES string of the molecule is CC(C)c1ccccc1Nc1cncc(C(=O)NCCCc2ccccc2)c1. The summed E-state index contributed by atoms with van der Waals surface area (Å²) in [7, 11) is 0. The molecule has 2 N–H and O–H groups in total. The summed E-state index contributed by atoms with van der Waals surface area (Å²) in [5.74, 6) is 0.314. The Bertz CT molecular complexity index is 906. The molecule has 1 aromatic heterocycles. The second-order valence-corrected chi connectivity index (χ2v) is 7.17.